The lowest BCUT2D eigenvalue weighted by Gasteiger charge is -2.36. The molecule has 1 saturated heterocycles. The van der Waals surface area contributed by atoms with Crippen LogP contribution in [0.5, 0.6) is 0 Å². The van der Waals surface area contributed by atoms with Crippen LogP contribution < -0.4 is 5.43 Å². The zero-order chi connectivity index (χ0) is 22.3. The molecule has 1 aliphatic heterocycles. The van der Waals surface area contributed by atoms with E-state index in [4.69, 9.17) is 0 Å². The maximum atomic E-state index is 12.1. The number of hydrogen-bond donors (Lipinski definition) is 2. The van der Waals surface area contributed by atoms with E-state index in [1.54, 1.807) is 4.41 Å². The van der Waals surface area contributed by atoms with Gasteiger partial charge in [0, 0.05) is 18.0 Å². The summed E-state index contributed by atoms with van der Waals surface area (Å²) in [5.74, 6) is 0.374. The number of thiol groups is 1. The van der Waals surface area contributed by atoms with Crippen molar-refractivity contribution >= 4 is 35.6 Å². The van der Waals surface area contributed by atoms with Crippen LogP contribution in [-0.2, 0) is 9.59 Å². The molecule has 164 valence electrons. The summed E-state index contributed by atoms with van der Waals surface area (Å²) in [5, 5.41) is 0.0705. The Hall–Kier alpha value is -1.50. The molecule has 1 aliphatic carbocycles. The van der Waals surface area contributed by atoms with Gasteiger partial charge in [0.1, 0.15) is 6.04 Å². The number of carbonyl (C=O) groups excluding carboxylic acids is 2. The summed E-state index contributed by atoms with van der Waals surface area (Å²) in [6.45, 7) is 10.9. The Bertz CT molecular complexity index is 819. The molecule has 2 rings (SSSR count). The molecule has 1 atom stereocenters. The van der Waals surface area contributed by atoms with Gasteiger partial charge in [-0.05, 0) is 68.8 Å². The number of rotatable bonds is 8. The molecule has 30 heavy (non-hydrogen) atoms. The molecule has 0 bridgehead atoms. The highest BCUT2D eigenvalue weighted by Gasteiger charge is 2.39. The molecular weight excluding hydrogens is 412 g/mol. The van der Waals surface area contributed by atoms with Crippen molar-refractivity contribution < 1.29 is 9.59 Å². The Morgan fingerprint density at radius 1 is 1.30 bits per heavy atom. The van der Waals surface area contributed by atoms with Crippen LogP contribution in [0.25, 0.3) is 0 Å². The van der Waals surface area contributed by atoms with Crippen LogP contribution in [0.2, 0.25) is 0 Å². The fraction of sp³-hybridized carbons (Fsp3) is 0.500. The molecule has 4 nitrogen and oxygen atoms in total. The SMILES string of the molecule is CC(C=CC1=C(C)CCCC1(C)C)=CC=CC(C)=CC(=O)NN1SC(=O)[C@@H]1CCS. The third-order valence-corrected chi connectivity index (χ3v) is 6.75. The van der Waals surface area contributed by atoms with Crippen molar-refractivity contribution in [2.24, 2.45) is 5.41 Å². The molecule has 0 unspecified atom stereocenters. The maximum absolute atomic E-state index is 12.1. The van der Waals surface area contributed by atoms with Crippen LogP contribution in [-0.4, -0.2) is 27.2 Å². The Morgan fingerprint density at radius 3 is 2.67 bits per heavy atom. The topological polar surface area (TPSA) is 49.4 Å². The van der Waals surface area contributed by atoms with Crippen molar-refractivity contribution in [3.63, 3.8) is 0 Å². The second-order valence-corrected chi connectivity index (χ2v) is 10.1. The van der Waals surface area contributed by atoms with Gasteiger partial charge in [0.2, 0.25) is 5.12 Å². The molecule has 1 amide bonds. The number of allylic oxidation sites excluding steroid dienone is 9. The first-order valence-electron chi connectivity index (χ1n) is 10.5. The Morgan fingerprint density at radius 2 is 2.03 bits per heavy atom. The fourth-order valence-electron chi connectivity index (χ4n) is 3.75. The van der Waals surface area contributed by atoms with Gasteiger partial charge in [0.25, 0.3) is 5.91 Å². The summed E-state index contributed by atoms with van der Waals surface area (Å²) in [6.07, 6.45) is 16.2. The minimum atomic E-state index is -0.272. The maximum Gasteiger partial charge on any atom is 0.259 e. The quantitative estimate of drug-likeness (QED) is 0.216. The van der Waals surface area contributed by atoms with Crippen LogP contribution >= 0.6 is 24.6 Å². The predicted octanol–water partition coefficient (Wildman–Crippen LogP) is 5.73. The lowest BCUT2D eigenvalue weighted by molar-refractivity contribution is -0.124. The molecule has 0 aromatic rings. The minimum absolute atomic E-state index is 0.0705. The van der Waals surface area contributed by atoms with E-state index in [2.05, 4.69) is 57.9 Å². The Labute approximate surface area is 191 Å². The van der Waals surface area contributed by atoms with Crippen LogP contribution in [0.15, 0.2) is 58.7 Å². The number of hydrogen-bond acceptors (Lipinski definition) is 5. The minimum Gasteiger partial charge on any atom is -0.284 e. The molecule has 1 heterocycles. The van der Waals surface area contributed by atoms with Crippen molar-refractivity contribution in [3.8, 4) is 0 Å². The number of carbonyl (C=O) groups is 2. The average molecular weight is 447 g/mol. The predicted molar refractivity (Wildman–Crippen MR) is 131 cm³/mol. The summed E-state index contributed by atoms with van der Waals surface area (Å²) in [7, 11) is 0. The number of hydrazine groups is 1. The largest absolute Gasteiger partial charge is 0.284 e. The molecular formula is C24H34N2O2S2. The molecule has 0 spiro atoms. The number of nitrogens with one attached hydrogen (secondary N) is 1. The van der Waals surface area contributed by atoms with E-state index in [0.29, 0.717) is 12.2 Å². The van der Waals surface area contributed by atoms with E-state index in [0.717, 1.165) is 23.1 Å². The second-order valence-electron chi connectivity index (χ2n) is 8.66. The third-order valence-electron chi connectivity index (χ3n) is 5.50. The molecule has 6 heteroatoms. The molecule has 0 aromatic carbocycles. The summed E-state index contributed by atoms with van der Waals surface area (Å²) < 4.78 is 1.60. The van der Waals surface area contributed by atoms with Gasteiger partial charge in [0.15, 0.2) is 0 Å². The monoisotopic (exact) mass is 446 g/mol. The summed E-state index contributed by atoms with van der Waals surface area (Å²) in [4.78, 5) is 23.7. The summed E-state index contributed by atoms with van der Waals surface area (Å²) in [5.41, 5.74) is 7.94. The molecule has 2 aliphatic rings. The van der Waals surface area contributed by atoms with Gasteiger partial charge < -0.3 is 0 Å². The van der Waals surface area contributed by atoms with Crippen molar-refractivity contribution in [2.75, 3.05) is 5.75 Å². The Balaban J connectivity index is 1.90. The van der Waals surface area contributed by atoms with E-state index in [-0.39, 0.29) is 22.5 Å². The highest BCUT2D eigenvalue weighted by Crippen LogP contribution is 2.40. The normalized spacial score (nSPS) is 23.4. The first-order chi connectivity index (χ1) is 14.1. The van der Waals surface area contributed by atoms with Crippen molar-refractivity contribution in [3.05, 3.63) is 58.7 Å². The van der Waals surface area contributed by atoms with Crippen molar-refractivity contribution in [1.82, 2.24) is 9.84 Å². The lowest BCUT2D eigenvalue weighted by Crippen LogP contribution is -2.55. The van der Waals surface area contributed by atoms with Gasteiger partial charge in [0.05, 0.1) is 0 Å². The van der Waals surface area contributed by atoms with Gasteiger partial charge in [-0.25, -0.2) is 0 Å². The van der Waals surface area contributed by atoms with Gasteiger partial charge in [-0.1, -0.05) is 55.4 Å². The Kier molecular flexibility index (Phi) is 9.26. The molecule has 0 radical (unpaired) electrons. The van der Waals surface area contributed by atoms with Gasteiger partial charge >= 0.3 is 0 Å². The smallest absolute Gasteiger partial charge is 0.259 e. The van der Waals surface area contributed by atoms with Crippen LogP contribution in [0.1, 0.15) is 60.3 Å². The fourth-order valence-corrected chi connectivity index (χ4v) is 4.84. The van der Waals surface area contributed by atoms with Gasteiger partial charge in [-0.2, -0.15) is 12.6 Å². The van der Waals surface area contributed by atoms with E-state index in [1.807, 2.05) is 25.2 Å². The zero-order valence-electron chi connectivity index (χ0n) is 18.7. The molecule has 0 aromatic heterocycles. The van der Waals surface area contributed by atoms with E-state index in [1.165, 1.54) is 36.5 Å². The first-order valence-corrected chi connectivity index (χ1v) is 11.9. The average Bonchev–Trinajstić information content (AvgIpc) is 2.64. The molecule has 1 N–H and O–H groups in total. The highest BCUT2D eigenvalue weighted by atomic mass is 32.2. The summed E-state index contributed by atoms with van der Waals surface area (Å²) >= 11 is 5.18. The first kappa shape index (κ1) is 24.8. The van der Waals surface area contributed by atoms with Crippen LogP contribution in [0.4, 0.5) is 0 Å². The second kappa shape index (κ2) is 11.2. The molecule has 0 saturated carbocycles. The van der Waals surface area contributed by atoms with Crippen molar-refractivity contribution in [1.29, 1.82) is 0 Å². The van der Waals surface area contributed by atoms with E-state index in [9.17, 15) is 9.59 Å². The van der Waals surface area contributed by atoms with Gasteiger partial charge in [-0.3, -0.25) is 15.0 Å². The molecule has 1 fully saturated rings. The van der Waals surface area contributed by atoms with Crippen LogP contribution in [0.3, 0.4) is 0 Å². The lowest BCUT2D eigenvalue weighted by atomic mass is 9.72. The summed E-state index contributed by atoms with van der Waals surface area (Å²) in [6, 6.07) is -0.272. The van der Waals surface area contributed by atoms with Crippen molar-refractivity contribution in [2.45, 2.75) is 66.3 Å². The number of amides is 1. The van der Waals surface area contributed by atoms with Gasteiger partial charge in [-0.15, -0.1) is 4.41 Å². The third kappa shape index (κ3) is 7.03. The zero-order valence-corrected chi connectivity index (χ0v) is 20.4. The van der Waals surface area contributed by atoms with E-state index >= 15 is 0 Å². The number of nitrogens with zero attached hydrogens (tertiary/aromatic N) is 1. The van der Waals surface area contributed by atoms with Crippen LogP contribution in [0, 0.1) is 5.41 Å². The van der Waals surface area contributed by atoms with E-state index < -0.39 is 0 Å². The standard InChI is InChI=1S/C24H34N2O2S2/c1-17(11-12-20-19(3)10-7-14-24(20,4)5)8-6-9-18(2)16-22(27)25-26-21(13-15-29)23(28)30-26/h6,8-9,11-12,16,21,29H,7,10,13-15H2,1-5H3,(H,25,27)/t21-/m0/s1. The highest BCUT2D eigenvalue weighted by molar-refractivity contribution is 8.13.